The first-order valence-electron chi connectivity index (χ1n) is 7.13. The lowest BCUT2D eigenvalue weighted by Crippen LogP contribution is -2.40. The summed E-state index contributed by atoms with van der Waals surface area (Å²) < 4.78 is 0. The Morgan fingerprint density at radius 3 is 2.65 bits per heavy atom. The second-order valence-corrected chi connectivity index (χ2v) is 5.24. The van der Waals surface area contributed by atoms with Gasteiger partial charge in [-0.05, 0) is 44.0 Å². The molecule has 0 radical (unpaired) electrons. The molecule has 1 aliphatic heterocycles. The third-order valence-corrected chi connectivity index (χ3v) is 3.80. The number of nitrogens with one attached hydrogen (secondary N) is 1. The molecule has 0 saturated carbocycles. The Morgan fingerprint density at radius 2 is 2.05 bits per heavy atom. The number of nitrogens with zero attached hydrogens (tertiary/aromatic N) is 1. The van der Waals surface area contributed by atoms with Crippen LogP contribution in [0, 0.1) is 5.92 Å². The van der Waals surface area contributed by atoms with Crippen molar-refractivity contribution in [1.82, 2.24) is 10.2 Å². The van der Waals surface area contributed by atoms with Crippen LogP contribution in [0.25, 0.3) is 0 Å². The maximum absolute atomic E-state index is 12.3. The van der Waals surface area contributed by atoms with Crippen LogP contribution in [0.5, 0.6) is 11.5 Å². The molecule has 1 aromatic rings. The third kappa shape index (κ3) is 3.42. The fourth-order valence-corrected chi connectivity index (χ4v) is 2.56. The van der Waals surface area contributed by atoms with Gasteiger partial charge in [-0.25, -0.2) is 0 Å². The van der Waals surface area contributed by atoms with E-state index in [4.69, 9.17) is 0 Å². The molecule has 0 aliphatic carbocycles. The van der Waals surface area contributed by atoms with Crippen LogP contribution in [0.1, 0.15) is 30.1 Å². The lowest BCUT2D eigenvalue weighted by molar-refractivity contribution is 0.0687. The lowest BCUT2D eigenvalue weighted by Gasteiger charge is -2.32. The van der Waals surface area contributed by atoms with Gasteiger partial charge in [0.15, 0.2) is 0 Å². The van der Waals surface area contributed by atoms with Crippen molar-refractivity contribution >= 4 is 5.91 Å². The molecule has 1 fully saturated rings. The van der Waals surface area contributed by atoms with Crippen LogP contribution in [0.3, 0.4) is 0 Å². The fourth-order valence-electron chi connectivity index (χ4n) is 2.56. The van der Waals surface area contributed by atoms with Crippen LogP contribution < -0.4 is 5.32 Å². The van der Waals surface area contributed by atoms with Crippen molar-refractivity contribution in [1.29, 1.82) is 0 Å². The second kappa shape index (κ2) is 6.61. The van der Waals surface area contributed by atoms with Gasteiger partial charge in [0.05, 0.1) is 5.56 Å². The van der Waals surface area contributed by atoms with Crippen molar-refractivity contribution in [2.45, 2.75) is 19.8 Å². The summed E-state index contributed by atoms with van der Waals surface area (Å²) in [6, 6.07) is 4.09. The Labute approximate surface area is 119 Å². The Morgan fingerprint density at radius 1 is 1.35 bits per heavy atom. The molecular formula is C15H22N2O3. The molecule has 1 heterocycles. The van der Waals surface area contributed by atoms with Gasteiger partial charge in [-0.1, -0.05) is 6.92 Å². The van der Waals surface area contributed by atoms with E-state index < -0.39 is 0 Å². The molecule has 1 saturated heterocycles. The number of phenolic OH excluding ortho intramolecular Hbond substituents is 2. The van der Waals surface area contributed by atoms with Gasteiger partial charge in [0.2, 0.25) is 0 Å². The molecule has 0 atom stereocenters. The van der Waals surface area contributed by atoms with Crippen molar-refractivity contribution < 1.29 is 15.0 Å². The van der Waals surface area contributed by atoms with Gasteiger partial charge in [-0.15, -0.1) is 0 Å². The summed E-state index contributed by atoms with van der Waals surface area (Å²) in [7, 11) is 0. The van der Waals surface area contributed by atoms with Gasteiger partial charge in [0.25, 0.3) is 5.91 Å². The Bertz CT molecular complexity index is 468. The predicted octanol–water partition coefficient (Wildman–Crippen LogP) is 1.56. The van der Waals surface area contributed by atoms with Gasteiger partial charge in [0, 0.05) is 19.2 Å². The van der Waals surface area contributed by atoms with Crippen molar-refractivity contribution in [2.24, 2.45) is 5.92 Å². The zero-order valence-corrected chi connectivity index (χ0v) is 11.8. The van der Waals surface area contributed by atoms with Crippen LogP contribution in [-0.2, 0) is 0 Å². The molecule has 0 bridgehead atoms. The van der Waals surface area contributed by atoms with Crippen molar-refractivity contribution in [3.05, 3.63) is 23.8 Å². The van der Waals surface area contributed by atoms with Crippen molar-refractivity contribution in [3.63, 3.8) is 0 Å². The molecule has 0 spiro atoms. The molecule has 20 heavy (non-hydrogen) atoms. The number of benzene rings is 1. The topological polar surface area (TPSA) is 72.8 Å². The Hall–Kier alpha value is -1.75. The summed E-state index contributed by atoms with van der Waals surface area (Å²) in [4.78, 5) is 14.1. The summed E-state index contributed by atoms with van der Waals surface area (Å²) in [6.45, 7) is 5.50. The number of likely N-dealkylation sites (tertiary alicyclic amines) is 1. The van der Waals surface area contributed by atoms with Gasteiger partial charge in [-0.3, -0.25) is 4.79 Å². The van der Waals surface area contributed by atoms with Gasteiger partial charge in [-0.2, -0.15) is 0 Å². The predicted molar refractivity (Wildman–Crippen MR) is 76.9 cm³/mol. The van der Waals surface area contributed by atoms with Crippen LogP contribution >= 0.6 is 0 Å². The van der Waals surface area contributed by atoms with Crippen molar-refractivity contribution in [3.8, 4) is 11.5 Å². The highest BCUT2D eigenvalue weighted by molar-refractivity contribution is 5.97. The average Bonchev–Trinajstić information content (AvgIpc) is 2.45. The minimum absolute atomic E-state index is 0.0385. The van der Waals surface area contributed by atoms with E-state index in [9.17, 15) is 15.0 Å². The van der Waals surface area contributed by atoms with Gasteiger partial charge in [0.1, 0.15) is 11.5 Å². The van der Waals surface area contributed by atoms with Gasteiger partial charge < -0.3 is 20.4 Å². The number of phenols is 2. The molecule has 110 valence electrons. The number of aromatic hydroxyl groups is 2. The summed E-state index contributed by atoms with van der Waals surface area (Å²) in [5.41, 5.74) is 0.257. The number of hydrogen-bond donors (Lipinski definition) is 3. The SMILES string of the molecule is CCNCC1CCN(C(=O)c2ccc(O)cc2O)CC1. The minimum Gasteiger partial charge on any atom is -0.508 e. The van der Waals surface area contributed by atoms with E-state index in [0.717, 1.165) is 39.0 Å². The molecule has 0 aromatic heterocycles. The average molecular weight is 278 g/mol. The molecule has 3 N–H and O–H groups in total. The zero-order chi connectivity index (χ0) is 14.5. The number of rotatable bonds is 4. The van der Waals surface area contributed by atoms with E-state index in [-0.39, 0.29) is 23.0 Å². The molecule has 0 unspecified atom stereocenters. The van der Waals surface area contributed by atoms with Gasteiger partial charge >= 0.3 is 0 Å². The van der Waals surface area contributed by atoms with E-state index in [0.29, 0.717) is 5.92 Å². The smallest absolute Gasteiger partial charge is 0.257 e. The van der Waals surface area contributed by atoms with E-state index in [1.807, 2.05) is 0 Å². The highest BCUT2D eigenvalue weighted by atomic mass is 16.3. The molecule has 1 aromatic carbocycles. The molecule has 5 heteroatoms. The van der Waals surface area contributed by atoms with Crippen LogP contribution in [0.4, 0.5) is 0 Å². The highest BCUT2D eigenvalue weighted by Crippen LogP contribution is 2.25. The van der Waals surface area contributed by atoms with E-state index >= 15 is 0 Å². The first-order chi connectivity index (χ1) is 9.61. The number of carbonyl (C=O) groups is 1. The molecule has 5 nitrogen and oxygen atoms in total. The summed E-state index contributed by atoms with van der Waals surface area (Å²) >= 11 is 0. The minimum atomic E-state index is -0.163. The number of amides is 1. The maximum atomic E-state index is 12.3. The quantitative estimate of drug-likeness (QED) is 0.781. The lowest BCUT2D eigenvalue weighted by atomic mass is 9.96. The van der Waals surface area contributed by atoms with E-state index in [1.54, 1.807) is 4.90 Å². The van der Waals surface area contributed by atoms with E-state index in [1.165, 1.54) is 18.2 Å². The second-order valence-electron chi connectivity index (χ2n) is 5.24. The Kier molecular flexibility index (Phi) is 4.84. The summed E-state index contributed by atoms with van der Waals surface area (Å²) in [6.07, 6.45) is 1.97. The fraction of sp³-hybridized carbons (Fsp3) is 0.533. The van der Waals surface area contributed by atoms with E-state index in [2.05, 4.69) is 12.2 Å². The zero-order valence-electron chi connectivity index (χ0n) is 11.8. The number of carbonyl (C=O) groups excluding carboxylic acids is 1. The monoisotopic (exact) mass is 278 g/mol. The Balaban J connectivity index is 1.94. The molecule has 1 aliphatic rings. The van der Waals surface area contributed by atoms with Crippen LogP contribution in [0.2, 0.25) is 0 Å². The number of piperidine rings is 1. The first-order valence-corrected chi connectivity index (χ1v) is 7.13. The molecular weight excluding hydrogens is 256 g/mol. The number of hydrogen-bond acceptors (Lipinski definition) is 4. The summed E-state index contributed by atoms with van der Waals surface area (Å²) in [5, 5.41) is 22.3. The molecule has 1 amide bonds. The third-order valence-electron chi connectivity index (χ3n) is 3.80. The maximum Gasteiger partial charge on any atom is 0.257 e. The first kappa shape index (κ1) is 14.7. The van der Waals surface area contributed by atoms with Crippen LogP contribution in [0.15, 0.2) is 18.2 Å². The standard InChI is InChI=1S/C15H22N2O3/c1-2-16-10-11-5-7-17(8-6-11)15(20)13-4-3-12(18)9-14(13)19/h3-4,9,11,16,18-19H,2,5-8,10H2,1H3. The largest absolute Gasteiger partial charge is 0.508 e. The highest BCUT2D eigenvalue weighted by Gasteiger charge is 2.24. The summed E-state index contributed by atoms with van der Waals surface area (Å²) in [5.74, 6) is 0.255. The normalized spacial score (nSPS) is 16.4. The molecule has 2 rings (SSSR count). The van der Waals surface area contributed by atoms with Crippen molar-refractivity contribution in [2.75, 3.05) is 26.2 Å². The van der Waals surface area contributed by atoms with Crippen LogP contribution in [-0.4, -0.2) is 47.2 Å².